The van der Waals surface area contributed by atoms with Crippen LogP contribution in [-0.4, -0.2) is 19.1 Å². The summed E-state index contributed by atoms with van der Waals surface area (Å²) in [5.41, 5.74) is 1.07. The predicted molar refractivity (Wildman–Crippen MR) is 95.2 cm³/mol. The zero-order chi connectivity index (χ0) is 17.4. The first-order valence-corrected chi connectivity index (χ1v) is 8.38. The number of rotatable bonds is 2. The first kappa shape index (κ1) is 15.7. The van der Waals surface area contributed by atoms with Gasteiger partial charge < -0.3 is 19.2 Å². The van der Waals surface area contributed by atoms with Crippen LogP contribution >= 0.6 is 15.9 Å². The van der Waals surface area contributed by atoms with Crippen LogP contribution in [0.5, 0.6) is 11.5 Å². The lowest BCUT2D eigenvalue weighted by Crippen LogP contribution is -2.21. The second kappa shape index (κ2) is 6.25. The molecule has 1 aliphatic rings. The summed E-state index contributed by atoms with van der Waals surface area (Å²) >= 11 is 3.39. The molecule has 126 valence electrons. The average molecular weight is 401 g/mol. The van der Waals surface area contributed by atoms with Crippen molar-refractivity contribution in [1.29, 1.82) is 5.41 Å². The van der Waals surface area contributed by atoms with E-state index in [0.29, 0.717) is 36.0 Å². The lowest BCUT2D eigenvalue weighted by atomic mass is 10.1. The van der Waals surface area contributed by atoms with E-state index in [1.807, 2.05) is 12.1 Å². The van der Waals surface area contributed by atoms with Crippen molar-refractivity contribution in [3.63, 3.8) is 0 Å². The molecular weight excluding hydrogens is 388 g/mol. The van der Waals surface area contributed by atoms with Crippen molar-refractivity contribution < 1.29 is 18.7 Å². The van der Waals surface area contributed by atoms with E-state index < -0.39 is 5.91 Å². The van der Waals surface area contributed by atoms with E-state index in [1.54, 1.807) is 30.3 Å². The number of hydrogen-bond donors (Lipinski definition) is 2. The van der Waals surface area contributed by atoms with Crippen molar-refractivity contribution in [2.45, 2.75) is 0 Å². The van der Waals surface area contributed by atoms with Gasteiger partial charge in [0, 0.05) is 21.6 Å². The van der Waals surface area contributed by atoms with Gasteiger partial charge in [-0.1, -0.05) is 15.9 Å². The molecule has 0 bridgehead atoms. The fraction of sp³-hybridized carbons (Fsp3) is 0.111. The Morgan fingerprint density at radius 3 is 2.68 bits per heavy atom. The predicted octanol–water partition coefficient (Wildman–Crippen LogP) is 3.70. The van der Waals surface area contributed by atoms with Crippen LogP contribution in [0.2, 0.25) is 0 Å². The first-order valence-electron chi connectivity index (χ1n) is 7.59. The maximum absolute atomic E-state index is 12.6. The van der Waals surface area contributed by atoms with Crippen LogP contribution in [0.1, 0.15) is 10.4 Å². The molecule has 4 rings (SSSR count). The van der Waals surface area contributed by atoms with E-state index >= 15 is 0 Å². The third-order valence-electron chi connectivity index (χ3n) is 3.77. The molecule has 3 aromatic rings. The molecule has 25 heavy (non-hydrogen) atoms. The summed E-state index contributed by atoms with van der Waals surface area (Å²) in [7, 11) is 0. The number of carbonyl (C=O) groups is 1. The highest BCUT2D eigenvalue weighted by Gasteiger charge is 2.15. The second-order valence-corrected chi connectivity index (χ2v) is 6.40. The fourth-order valence-corrected chi connectivity index (χ4v) is 2.98. The van der Waals surface area contributed by atoms with Gasteiger partial charge in [0.15, 0.2) is 11.5 Å². The Kier molecular flexibility index (Phi) is 3.93. The number of nitrogens with one attached hydrogen (secondary N) is 2. The minimum atomic E-state index is -0.424. The lowest BCUT2D eigenvalue weighted by Gasteiger charge is -2.19. The number of anilines is 1. The van der Waals surface area contributed by atoms with Crippen molar-refractivity contribution in [3.05, 3.63) is 58.1 Å². The molecule has 0 spiro atoms. The van der Waals surface area contributed by atoms with Crippen molar-refractivity contribution in [2.24, 2.45) is 0 Å². The van der Waals surface area contributed by atoms with Gasteiger partial charge in [-0.15, -0.1) is 0 Å². The highest BCUT2D eigenvalue weighted by Crippen LogP contribution is 2.32. The Morgan fingerprint density at radius 2 is 1.84 bits per heavy atom. The zero-order valence-electron chi connectivity index (χ0n) is 13.0. The van der Waals surface area contributed by atoms with E-state index in [1.165, 1.54) is 0 Å². The van der Waals surface area contributed by atoms with Crippen LogP contribution in [0.4, 0.5) is 5.69 Å². The molecule has 1 aromatic heterocycles. The van der Waals surface area contributed by atoms with Gasteiger partial charge in [-0.2, -0.15) is 0 Å². The van der Waals surface area contributed by atoms with Crippen molar-refractivity contribution >= 4 is 38.5 Å². The Balaban J connectivity index is 1.66. The van der Waals surface area contributed by atoms with Gasteiger partial charge >= 0.3 is 0 Å². The summed E-state index contributed by atoms with van der Waals surface area (Å²) < 4.78 is 17.3. The molecule has 2 N–H and O–H groups in total. The van der Waals surface area contributed by atoms with Gasteiger partial charge in [0.25, 0.3) is 5.91 Å². The molecule has 0 atom stereocenters. The number of amides is 1. The summed E-state index contributed by atoms with van der Waals surface area (Å²) in [4.78, 5) is 12.6. The minimum Gasteiger partial charge on any atom is -0.486 e. The van der Waals surface area contributed by atoms with E-state index in [-0.39, 0.29) is 11.1 Å². The molecule has 2 heterocycles. The fourth-order valence-electron chi connectivity index (χ4n) is 2.60. The SMILES string of the molecule is N=c1oc2ccc(Br)cc2cc1C(=O)Nc1ccc2c(c1)OCCO2. The standard InChI is InChI=1S/C18H13BrN2O4/c19-11-1-3-14-10(7-11)8-13(17(20)25-14)18(22)21-12-2-4-15-16(9-12)24-6-5-23-15/h1-4,7-9,20H,5-6H2,(H,21,22). The summed E-state index contributed by atoms with van der Waals surface area (Å²) in [5, 5.41) is 11.5. The second-order valence-electron chi connectivity index (χ2n) is 5.48. The summed E-state index contributed by atoms with van der Waals surface area (Å²) in [6.07, 6.45) is 0. The van der Waals surface area contributed by atoms with E-state index in [4.69, 9.17) is 19.3 Å². The van der Waals surface area contributed by atoms with Gasteiger partial charge in [-0.05, 0) is 36.4 Å². The Bertz CT molecular complexity index is 1040. The molecule has 0 fully saturated rings. The Labute approximate surface area is 151 Å². The number of hydrogen-bond acceptors (Lipinski definition) is 5. The van der Waals surface area contributed by atoms with Crippen molar-refractivity contribution in [2.75, 3.05) is 18.5 Å². The molecule has 2 aromatic carbocycles. The largest absolute Gasteiger partial charge is 0.486 e. The maximum atomic E-state index is 12.6. The maximum Gasteiger partial charge on any atom is 0.261 e. The first-order chi connectivity index (χ1) is 12.1. The molecule has 1 aliphatic heterocycles. The van der Waals surface area contributed by atoms with Crippen molar-refractivity contribution in [3.8, 4) is 11.5 Å². The molecule has 0 unspecified atom stereocenters. The molecule has 0 aliphatic carbocycles. The topological polar surface area (TPSA) is 84.6 Å². The molecule has 0 radical (unpaired) electrons. The number of carbonyl (C=O) groups excluding carboxylic acids is 1. The van der Waals surface area contributed by atoms with E-state index in [2.05, 4.69) is 21.2 Å². The van der Waals surface area contributed by atoms with Gasteiger partial charge in [-0.25, -0.2) is 0 Å². The van der Waals surface area contributed by atoms with Gasteiger partial charge in [-0.3, -0.25) is 10.2 Å². The Hall–Kier alpha value is -2.80. The Morgan fingerprint density at radius 1 is 1.04 bits per heavy atom. The van der Waals surface area contributed by atoms with E-state index in [9.17, 15) is 4.79 Å². The van der Waals surface area contributed by atoms with Crippen LogP contribution in [-0.2, 0) is 0 Å². The van der Waals surface area contributed by atoms with Crippen LogP contribution in [0.15, 0.2) is 51.4 Å². The normalized spacial score (nSPS) is 12.8. The molecule has 0 saturated carbocycles. The molecule has 0 saturated heterocycles. The van der Waals surface area contributed by atoms with E-state index in [0.717, 1.165) is 9.86 Å². The number of halogens is 1. The van der Waals surface area contributed by atoms with Crippen LogP contribution in [0.25, 0.3) is 11.0 Å². The van der Waals surface area contributed by atoms with Crippen LogP contribution < -0.4 is 20.3 Å². The zero-order valence-corrected chi connectivity index (χ0v) is 14.6. The quantitative estimate of drug-likeness (QED) is 0.686. The van der Waals surface area contributed by atoms with Crippen LogP contribution in [0.3, 0.4) is 0 Å². The van der Waals surface area contributed by atoms with Gasteiger partial charge in [0.2, 0.25) is 5.55 Å². The number of benzene rings is 2. The van der Waals surface area contributed by atoms with Crippen LogP contribution in [0, 0.1) is 5.41 Å². The monoisotopic (exact) mass is 400 g/mol. The summed E-state index contributed by atoms with van der Waals surface area (Å²) in [5.74, 6) is 0.811. The molecular formula is C18H13BrN2O4. The molecule has 1 amide bonds. The minimum absolute atomic E-state index is 0.153. The average Bonchev–Trinajstić information content (AvgIpc) is 2.61. The molecule has 6 nitrogen and oxygen atoms in total. The summed E-state index contributed by atoms with van der Waals surface area (Å²) in [6, 6.07) is 12.2. The highest BCUT2D eigenvalue weighted by atomic mass is 79.9. The number of ether oxygens (including phenoxy) is 2. The van der Waals surface area contributed by atoms with Crippen molar-refractivity contribution in [1.82, 2.24) is 0 Å². The smallest absolute Gasteiger partial charge is 0.261 e. The third-order valence-corrected chi connectivity index (χ3v) is 4.27. The van der Waals surface area contributed by atoms with Gasteiger partial charge in [0.1, 0.15) is 24.4 Å². The van der Waals surface area contributed by atoms with Gasteiger partial charge in [0.05, 0.1) is 0 Å². The summed E-state index contributed by atoms with van der Waals surface area (Å²) in [6.45, 7) is 0.981. The number of fused-ring (bicyclic) bond motifs is 2. The lowest BCUT2D eigenvalue weighted by molar-refractivity contribution is 0.102. The molecule has 7 heteroatoms. The highest BCUT2D eigenvalue weighted by molar-refractivity contribution is 9.10. The third kappa shape index (κ3) is 3.10.